The molecule has 0 spiro atoms. The van der Waals surface area contributed by atoms with E-state index in [-0.39, 0.29) is 16.8 Å². The Kier molecular flexibility index (Phi) is 5.55. The summed E-state index contributed by atoms with van der Waals surface area (Å²) in [7, 11) is 2.48. The molecule has 7 nitrogen and oxygen atoms in total. The lowest BCUT2D eigenvalue weighted by atomic mass is 10.1. The van der Waals surface area contributed by atoms with Crippen molar-refractivity contribution >= 4 is 40.1 Å². The fourth-order valence-electron chi connectivity index (χ4n) is 2.79. The first-order valence-corrected chi connectivity index (χ1v) is 8.40. The van der Waals surface area contributed by atoms with Gasteiger partial charge in [-0.1, -0.05) is 36.4 Å². The molecule has 142 valence electrons. The van der Waals surface area contributed by atoms with E-state index in [4.69, 9.17) is 4.74 Å². The molecule has 3 rings (SSSR count). The molecule has 0 saturated carbocycles. The summed E-state index contributed by atoms with van der Waals surface area (Å²) in [6.07, 6.45) is 0. The third-order valence-corrected chi connectivity index (χ3v) is 4.13. The van der Waals surface area contributed by atoms with Crippen molar-refractivity contribution in [3.05, 3.63) is 71.8 Å². The van der Waals surface area contributed by atoms with Gasteiger partial charge in [0.05, 0.1) is 36.7 Å². The van der Waals surface area contributed by atoms with E-state index in [1.807, 2.05) is 36.4 Å². The number of urea groups is 1. The highest BCUT2D eigenvalue weighted by atomic mass is 16.5. The van der Waals surface area contributed by atoms with Crippen LogP contribution in [-0.2, 0) is 9.47 Å². The molecule has 2 N–H and O–H groups in total. The number of carbonyl (C=O) groups excluding carboxylic acids is 3. The van der Waals surface area contributed by atoms with E-state index in [9.17, 15) is 14.4 Å². The number of methoxy groups -OCH3 is 2. The van der Waals surface area contributed by atoms with Gasteiger partial charge in [0, 0.05) is 5.39 Å². The molecular formula is C21H18N2O5. The SMILES string of the molecule is COC(=O)c1ccc(C(=O)OC)c(NC(=O)Nc2cccc3ccccc23)c1. The van der Waals surface area contributed by atoms with Gasteiger partial charge in [-0.2, -0.15) is 0 Å². The van der Waals surface area contributed by atoms with Gasteiger partial charge in [-0.05, 0) is 29.7 Å². The third-order valence-electron chi connectivity index (χ3n) is 4.13. The second kappa shape index (κ2) is 8.22. The summed E-state index contributed by atoms with van der Waals surface area (Å²) >= 11 is 0. The highest BCUT2D eigenvalue weighted by Crippen LogP contribution is 2.24. The Morgan fingerprint density at radius 3 is 2.18 bits per heavy atom. The van der Waals surface area contributed by atoms with Crippen LogP contribution in [-0.4, -0.2) is 32.2 Å². The van der Waals surface area contributed by atoms with Crippen molar-refractivity contribution in [1.29, 1.82) is 0 Å². The Balaban J connectivity index is 1.89. The molecule has 0 unspecified atom stereocenters. The van der Waals surface area contributed by atoms with Crippen LogP contribution in [0.1, 0.15) is 20.7 Å². The van der Waals surface area contributed by atoms with Crippen LogP contribution < -0.4 is 10.6 Å². The van der Waals surface area contributed by atoms with Crippen LogP contribution in [0.25, 0.3) is 10.8 Å². The molecule has 7 heteroatoms. The fraction of sp³-hybridized carbons (Fsp3) is 0.0952. The predicted octanol–water partition coefficient (Wildman–Crippen LogP) is 4.06. The molecule has 3 aromatic rings. The number of ether oxygens (including phenoxy) is 2. The van der Waals surface area contributed by atoms with E-state index in [1.165, 1.54) is 32.4 Å². The van der Waals surface area contributed by atoms with Gasteiger partial charge in [-0.15, -0.1) is 0 Å². The molecule has 0 aromatic heterocycles. The van der Waals surface area contributed by atoms with Crippen LogP contribution in [0, 0.1) is 0 Å². The van der Waals surface area contributed by atoms with Crippen molar-refractivity contribution in [2.24, 2.45) is 0 Å². The van der Waals surface area contributed by atoms with Crippen molar-refractivity contribution in [2.45, 2.75) is 0 Å². The topological polar surface area (TPSA) is 93.7 Å². The normalized spacial score (nSPS) is 10.2. The van der Waals surface area contributed by atoms with Gasteiger partial charge in [0.2, 0.25) is 0 Å². The van der Waals surface area contributed by atoms with Crippen molar-refractivity contribution in [3.8, 4) is 0 Å². The first-order chi connectivity index (χ1) is 13.5. The van der Waals surface area contributed by atoms with E-state index >= 15 is 0 Å². The van der Waals surface area contributed by atoms with Crippen LogP contribution in [0.3, 0.4) is 0 Å². The van der Waals surface area contributed by atoms with E-state index in [2.05, 4.69) is 15.4 Å². The van der Waals surface area contributed by atoms with Crippen molar-refractivity contribution < 1.29 is 23.9 Å². The Morgan fingerprint density at radius 2 is 1.43 bits per heavy atom. The quantitative estimate of drug-likeness (QED) is 0.668. The molecule has 0 atom stereocenters. The number of fused-ring (bicyclic) bond motifs is 1. The van der Waals surface area contributed by atoms with Gasteiger partial charge in [0.1, 0.15) is 0 Å². The monoisotopic (exact) mass is 378 g/mol. The number of esters is 2. The minimum Gasteiger partial charge on any atom is -0.465 e. The highest BCUT2D eigenvalue weighted by molar-refractivity contribution is 6.09. The number of amides is 2. The van der Waals surface area contributed by atoms with Crippen molar-refractivity contribution in [3.63, 3.8) is 0 Å². The van der Waals surface area contributed by atoms with Crippen molar-refractivity contribution in [1.82, 2.24) is 0 Å². The number of carbonyl (C=O) groups is 3. The lowest BCUT2D eigenvalue weighted by Crippen LogP contribution is -2.22. The lowest BCUT2D eigenvalue weighted by molar-refractivity contribution is 0.0587. The summed E-state index contributed by atoms with van der Waals surface area (Å²) in [4.78, 5) is 36.3. The Bertz CT molecular complexity index is 1060. The van der Waals surface area contributed by atoms with Crippen molar-refractivity contribution in [2.75, 3.05) is 24.9 Å². The zero-order valence-electron chi connectivity index (χ0n) is 15.3. The molecule has 0 fully saturated rings. The maximum Gasteiger partial charge on any atom is 0.339 e. The highest BCUT2D eigenvalue weighted by Gasteiger charge is 2.17. The number of nitrogens with one attached hydrogen (secondary N) is 2. The van der Waals surface area contributed by atoms with Crippen LogP contribution in [0.4, 0.5) is 16.2 Å². The van der Waals surface area contributed by atoms with Crippen LogP contribution >= 0.6 is 0 Å². The minimum absolute atomic E-state index is 0.114. The molecule has 0 radical (unpaired) electrons. The zero-order valence-corrected chi connectivity index (χ0v) is 15.3. The van der Waals surface area contributed by atoms with E-state index in [0.29, 0.717) is 5.69 Å². The lowest BCUT2D eigenvalue weighted by Gasteiger charge is -2.13. The summed E-state index contributed by atoms with van der Waals surface area (Å²) in [5, 5.41) is 7.21. The van der Waals surface area contributed by atoms with E-state index in [1.54, 1.807) is 6.07 Å². The summed E-state index contributed by atoms with van der Waals surface area (Å²) in [5.74, 6) is -1.23. The maximum atomic E-state index is 12.5. The smallest absolute Gasteiger partial charge is 0.339 e. The molecule has 0 aliphatic heterocycles. The summed E-state index contributed by atoms with van der Waals surface area (Å²) in [6, 6.07) is 16.8. The maximum absolute atomic E-state index is 12.5. The fourth-order valence-corrected chi connectivity index (χ4v) is 2.79. The molecule has 0 saturated heterocycles. The molecule has 0 heterocycles. The predicted molar refractivity (Wildman–Crippen MR) is 106 cm³/mol. The van der Waals surface area contributed by atoms with Crippen LogP contribution in [0.15, 0.2) is 60.7 Å². The molecule has 0 bridgehead atoms. The van der Waals surface area contributed by atoms with Gasteiger partial charge in [0.15, 0.2) is 0 Å². The molecule has 0 aliphatic carbocycles. The van der Waals surface area contributed by atoms with Gasteiger partial charge < -0.3 is 20.1 Å². The summed E-state index contributed by atoms with van der Waals surface area (Å²) in [6.45, 7) is 0. The first-order valence-electron chi connectivity index (χ1n) is 8.40. The number of benzene rings is 3. The van der Waals surface area contributed by atoms with Gasteiger partial charge in [-0.25, -0.2) is 14.4 Å². The zero-order chi connectivity index (χ0) is 20.1. The van der Waals surface area contributed by atoms with Gasteiger partial charge in [-0.3, -0.25) is 0 Å². The van der Waals surface area contributed by atoms with Gasteiger partial charge >= 0.3 is 18.0 Å². The standard InChI is InChI=1S/C21H18N2O5/c1-27-19(24)14-10-11-16(20(25)28-2)18(12-14)23-21(26)22-17-9-5-7-13-6-3-4-8-15(13)17/h3-12H,1-2H3,(H2,22,23,26). The second-order valence-electron chi connectivity index (χ2n) is 5.85. The molecule has 3 aromatic carbocycles. The van der Waals surface area contributed by atoms with Crippen LogP contribution in [0.2, 0.25) is 0 Å². The van der Waals surface area contributed by atoms with Crippen LogP contribution in [0.5, 0.6) is 0 Å². The average molecular weight is 378 g/mol. The summed E-state index contributed by atoms with van der Waals surface area (Å²) in [5.41, 5.74) is 1.05. The first kappa shape index (κ1) is 18.9. The minimum atomic E-state index is -0.642. The number of hydrogen-bond acceptors (Lipinski definition) is 5. The molecule has 2 amide bonds. The Morgan fingerprint density at radius 1 is 0.750 bits per heavy atom. The van der Waals surface area contributed by atoms with E-state index < -0.39 is 18.0 Å². The molecule has 0 aliphatic rings. The average Bonchev–Trinajstić information content (AvgIpc) is 2.72. The number of anilines is 2. The second-order valence-corrected chi connectivity index (χ2v) is 5.85. The largest absolute Gasteiger partial charge is 0.465 e. The van der Waals surface area contributed by atoms with Gasteiger partial charge in [0.25, 0.3) is 0 Å². The summed E-state index contributed by atoms with van der Waals surface area (Å²) < 4.78 is 9.42. The Hall–Kier alpha value is -3.87. The third kappa shape index (κ3) is 3.93. The molecule has 28 heavy (non-hydrogen) atoms. The van der Waals surface area contributed by atoms with E-state index in [0.717, 1.165) is 10.8 Å². The number of rotatable bonds is 4. The Labute approximate surface area is 161 Å². The molecular weight excluding hydrogens is 360 g/mol. The number of hydrogen-bond donors (Lipinski definition) is 2.